The summed E-state index contributed by atoms with van der Waals surface area (Å²) in [5, 5.41) is 2.73. The monoisotopic (exact) mass is 400 g/mol. The maximum Gasteiger partial charge on any atom is 0.0512 e. The molecule has 0 radical (unpaired) electrons. The third kappa shape index (κ3) is 4.33. The zero-order valence-corrected chi connectivity index (χ0v) is 18.7. The fraction of sp³-hybridized carbons (Fsp3) is 0.429. The van der Waals surface area contributed by atoms with Crippen molar-refractivity contribution in [2.24, 2.45) is 0 Å². The molecule has 2 aromatic carbocycles. The number of hydrogen-bond acceptors (Lipinski definition) is 0. The second kappa shape index (κ2) is 10.0. The van der Waals surface area contributed by atoms with Gasteiger partial charge in [-0.1, -0.05) is 88.8 Å². The first-order chi connectivity index (χ1) is 14.8. The van der Waals surface area contributed by atoms with Gasteiger partial charge >= 0.3 is 0 Å². The highest BCUT2D eigenvalue weighted by Gasteiger charge is 2.16. The smallest absolute Gasteiger partial charge is 0.0512 e. The lowest BCUT2D eigenvalue weighted by Crippen LogP contribution is -2.00. The van der Waals surface area contributed by atoms with Gasteiger partial charge in [-0.05, 0) is 31.0 Å². The topological polar surface area (TPSA) is 9.86 Å². The molecule has 0 saturated heterocycles. The Balaban J connectivity index is 1.74. The van der Waals surface area contributed by atoms with E-state index in [1.54, 1.807) is 0 Å². The average Bonchev–Trinajstić information content (AvgIpc) is 3.33. The van der Waals surface area contributed by atoms with Crippen molar-refractivity contribution in [1.29, 1.82) is 0 Å². The van der Waals surface area contributed by atoms with Crippen LogP contribution in [0.15, 0.2) is 60.8 Å². The van der Waals surface area contributed by atoms with Gasteiger partial charge in [0.2, 0.25) is 0 Å². The van der Waals surface area contributed by atoms with Crippen LogP contribution in [0.4, 0.5) is 0 Å². The van der Waals surface area contributed by atoms with Gasteiger partial charge in [-0.15, -0.1) is 0 Å². The van der Waals surface area contributed by atoms with E-state index >= 15 is 0 Å². The van der Waals surface area contributed by atoms with E-state index in [2.05, 4.69) is 83.8 Å². The summed E-state index contributed by atoms with van der Waals surface area (Å²) >= 11 is 0. The standard InChI is InChI=1S/C28H36N2/c1-3-5-7-13-19-29-22-25(24-16-10-12-18-27(24)29)28-21-23-15-9-11-17-26(23)30(28)20-14-8-6-4-2/h9-12,15-18,21-22H,3-8,13-14,19-20H2,1-2H3. The van der Waals surface area contributed by atoms with Crippen LogP contribution < -0.4 is 0 Å². The minimum atomic E-state index is 1.10. The molecule has 2 heteroatoms. The van der Waals surface area contributed by atoms with Crippen LogP contribution in [-0.4, -0.2) is 9.13 Å². The predicted octanol–water partition coefficient (Wildman–Crippen LogP) is 8.42. The van der Waals surface area contributed by atoms with Gasteiger partial charge in [-0.2, -0.15) is 0 Å². The van der Waals surface area contributed by atoms with Crippen molar-refractivity contribution in [1.82, 2.24) is 9.13 Å². The number of fused-ring (bicyclic) bond motifs is 2. The van der Waals surface area contributed by atoms with E-state index < -0.39 is 0 Å². The summed E-state index contributed by atoms with van der Waals surface area (Å²) in [5.74, 6) is 0. The van der Waals surface area contributed by atoms with Crippen LogP contribution in [0, 0.1) is 0 Å². The zero-order valence-electron chi connectivity index (χ0n) is 18.7. The molecule has 0 atom stereocenters. The number of hydrogen-bond donors (Lipinski definition) is 0. The quantitative estimate of drug-likeness (QED) is 0.224. The Bertz CT molecular complexity index is 1080. The lowest BCUT2D eigenvalue weighted by molar-refractivity contribution is 0.592. The lowest BCUT2D eigenvalue weighted by atomic mass is 10.1. The highest BCUT2D eigenvalue weighted by atomic mass is 15.0. The average molecular weight is 401 g/mol. The molecule has 0 aliphatic heterocycles. The van der Waals surface area contributed by atoms with Crippen molar-refractivity contribution in [3.8, 4) is 11.3 Å². The van der Waals surface area contributed by atoms with Crippen molar-refractivity contribution >= 4 is 21.8 Å². The lowest BCUT2D eigenvalue weighted by Gasteiger charge is -2.10. The zero-order chi connectivity index (χ0) is 20.8. The molecular formula is C28H36N2. The van der Waals surface area contributed by atoms with Gasteiger partial charge in [0, 0.05) is 46.7 Å². The minimum absolute atomic E-state index is 1.10. The Kier molecular flexibility index (Phi) is 6.94. The number of rotatable bonds is 11. The van der Waals surface area contributed by atoms with E-state index in [1.165, 1.54) is 84.4 Å². The molecule has 0 saturated carbocycles. The van der Waals surface area contributed by atoms with Crippen molar-refractivity contribution in [3.05, 3.63) is 60.8 Å². The molecule has 4 rings (SSSR count). The molecule has 2 nitrogen and oxygen atoms in total. The van der Waals surface area contributed by atoms with Crippen LogP contribution in [-0.2, 0) is 13.1 Å². The van der Waals surface area contributed by atoms with Crippen molar-refractivity contribution in [3.63, 3.8) is 0 Å². The molecule has 4 aromatic rings. The van der Waals surface area contributed by atoms with E-state index in [0.717, 1.165) is 13.1 Å². The van der Waals surface area contributed by atoms with Gasteiger partial charge < -0.3 is 9.13 Å². The van der Waals surface area contributed by atoms with E-state index in [0.29, 0.717) is 0 Å². The number of nitrogens with zero attached hydrogens (tertiary/aromatic N) is 2. The van der Waals surface area contributed by atoms with Crippen molar-refractivity contribution in [2.45, 2.75) is 78.3 Å². The van der Waals surface area contributed by atoms with Gasteiger partial charge in [-0.3, -0.25) is 0 Å². The highest BCUT2D eigenvalue weighted by molar-refractivity contribution is 5.98. The van der Waals surface area contributed by atoms with Crippen LogP contribution in [0.2, 0.25) is 0 Å². The predicted molar refractivity (Wildman–Crippen MR) is 131 cm³/mol. The Morgan fingerprint density at radius 3 is 2.10 bits per heavy atom. The van der Waals surface area contributed by atoms with Crippen molar-refractivity contribution < 1.29 is 0 Å². The molecule has 0 amide bonds. The number of aromatic nitrogens is 2. The van der Waals surface area contributed by atoms with Crippen LogP contribution in [0.3, 0.4) is 0 Å². The first kappa shape index (κ1) is 20.8. The Hall–Kier alpha value is -2.48. The van der Waals surface area contributed by atoms with E-state index in [1.807, 2.05) is 0 Å². The molecule has 0 spiro atoms. The van der Waals surface area contributed by atoms with Crippen LogP contribution in [0.5, 0.6) is 0 Å². The second-order valence-electron chi connectivity index (χ2n) is 8.61. The largest absolute Gasteiger partial charge is 0.347 e. The molecule has 0 N–H and O–H groups in total. The maximum absolute atomic E-state index is 2.56. The molecule has 2 aromatic heterocycles. The molecule has 0 unspecified atom stereocenters. The summed E-state index contributed by atoms with van der Waals surface area (Å²) in [7, 11) is 0. The first-order valence-electron chi connectivity index (χ1n) is 12.0. The second-order valence-corrected chi connectivity index (χ2v) is 8.61. The summed E-state index contributed by atoms with van der Waals surface area (Å²) in [5.41, 5.74) is 5.49. The highest BCUT2D eigenvalue weighted by Crippen LogP contribution is 2.35. The van der Waals surface area contributed by atoms with Crippen LogP contribution >= 0.6 is 0 Å². The van der Waals surface area contributed by atoms with E-state index in [9.17, 15) is 0 Å². The summed E-state index contributed by atoms with van der Waals surface area (Å²) in [6.45, 7) is 6.77. The Labute approximate surface area is 181 Å². The van der Waals surface area contributed by atoms with E-state index in [-0.39, 0.29) is 0 Å². The van der Waals surface area contributed by atoms with Crippen molar-refractivity contribution in [2.75, 3.05) is 0 Å². The van der Waals surface area contributed by atoms with Gasteiger partial charge in [0.25, 0.3) is 0 Å². The molecule has 0 fully saturated rings. The van der Waals surface area contributed by atoms with Gasteiger partial charge in [-0.25, -0.2) is 0 Å². The molecule has 0 aliphatic rings. The third-order valence-corrected chi connectivity index (χ3v) is 6.36. The summed E-state index contributed by atoms with van der Waals surface area (Å²) in [6, 6.07) is 20.2. The minimum Gasteiger partial charge on any atom is -0.347 e. The van der Waals surface area contributed by atoms with Gasteiger partial charge in [0.15, 0.2) is 0 Å². The molecule has 158 valence electrons. The Morgan fingerprint density at radius 2 is 1.33 bits per heavy atom. The SMILES string of the molecule is CCCCCCn1cc(-c2cc3ccccc3n2CCCCCC)c2ccccc21. The third-order valence-electron chi connectivity index (χ3n) is 6.36. The van der Waals surface area contributed by atoms with Gasteiger partial charge in [0.1, 0.15) is 0 Å². The molecule has 0 aliphatic carbocycles. The number of unbranched alkanes of at least 4 members (excludes halogenated alkanes) is 6. The Morgan fingerprint density at radius 1 is 0.667 bits per heavy atom. The van der Waals surface area contributed by atoms with Crippen LogP contribution in [0.1, 0.15) is 65.2 Å². The van der Waals surface area contributed by atoms with E-state index in [4.69, 9.17) is 0 Å². The fourth-order valence-electron chi connectivity index (χ4n) is 4.72. The number of benzene rings is 2. The van der Waals surface area contributed by atoms with Crippen LogP contribution in [0.25, 0.3) is 33.1 Å². The molecule has 30 heavy (non-hydrogen) atoms. The summed E-state index contributed by atoms with van der Waals surface area (Å²) in [4.78, 5) is 0. The van der Waals surface area contributed by atoms with Gasteiger partial charge in [0.05, 0.1) is 5.69 Å². The summed E-state index contributed by atoms with van der Waals surface area (Å²) in [6.07, 6.45) is 12.8. The molecule has 2 heterocycles. The molecular weight excluding hydrogens is 364 g/mol. The number of para-hydroxylation sites is 2. The number of aryl methyl sites for hydroxylation is 2. The molecule has 0 bridgehead atoms. The normalized spacial score (nSPS) is 11.7. The summed E-state index contributed by atoms with van der Waals surface area (Å²) < 4.78 is 5.05. The maximum atomic E-state index is 2.56. The fourth-order valence-corrected chi connectivity index (χ4v) is 4.72. The first-order valence-corrected chi connectivity index (χ1v) is 12.0.